The standard InChI is InChI=1S/C19H28N2O2.ClH/c1-15(18-11-20-12-18)19(22)21(13-16-5-3-2-4-6-16)14-17-7-9-23-10-8-17;/h2-6,15,17-18,20H,7-14H2,1H3;1H. The van der Waals surface area contributed by atoms with E-state index in [2.05, 4.69) is 29.3 Å². The van der Waals surface area contributed by atoms with Gasteiger partial charge in [-0.3, -0.25) is 4.79 Å². The third-order valence-corrected chi connectivity index (χ3v) is 5.26. The number of benzene rings is 1. The van der Waals surface area contributed by atoms with Gasteiger partial charge in [0.1, 0.15) is 0 Å². The summed E-state index contributed by atoms with van der Waals surface area (Å²) < 4.78 is 5.46. The summed E-state index contributed by atoms with van der Waals surface area (Å²) in [5.74, 6) is 1.49. The highest BCUT2D eigenvalue weighted by Gasteiger charge is 2.32. The van der Waals surface area contributed by atoms with E-state index in [4.69, 9.17) is 4.74 Å². The molecule has 0 spiro atoms. The summed E-state index contributed by atoms with van der Waals surface area (Å²) in [6.07, 6.45) is 2.13. The first-order valence-corrected chi connectivity index (χ1v) is 8.85. The predicted octanol–water partition coefficient (Wildman–Crippen LogP) is 2.72. The smallest absolute Gasteiger partial charge is 0.226 e. The molecule has 0 radical (unpaired) electrons. The Morgan fingerprint density at radius 1 is 1.25 bits per heavy atom. The van der Waals surface area contributed by atoms with Crippen molar-refractivity contribution in [1.29, 1.82) is 0 Å². The molecule has 2 aliphatic heterocycles. The van der Waals surface area contributed by atoms with Gasteiger partial charge in [-0.2, -0.15) is 0 Å². The second-order valence-corrected chi connectivity index (χ2v) is 6.97. The van der Waals surface area contributed by atoms with Crippen LogP contribution in [0.5, 0.6) is 0 Å². The molecule has 1 aromatic rings. The van der Waals surface area contributed by atoms with E-state index in [9.17, 15) is 4.79 Å². The summed E-state index contributed by atoms with van der Waals surface area (Å²) in [6, 6.07) is 10.3. The lowest BCUT2D eigenvalue weighted by Gasteiger charge is -2.37. The van der Waals surface area contributed by atoms with Crippen molar-refractivity contribution >= 4 is 18.3 Å². The molecule has 1 amide bonds. The first kappa shape index (κ1) is 19.2. The normalized spacial score (nSPS) is 19.9. The van der Waals surface area contributed by atoms with Gasteiger partial charge in [-0.1, -0.05) is 37.3 Å². The van der Waals surface area contributed by atoms with Crippen LogP contribution in [0, 0.1) is 17.8 Å². The van der Waals surface area contributed by atoms with Gasteiger partial charge in [0.25, 0.3) is 0 Å². The lowest BCUT2D eigenvalue weighted by molar-refractivity contribution is -0.139. The molecule has 1 aromatic carbocycles. The highest BCUT2D eigenvalue weighted by atomic mass is 35.5. The SMILES string of the molecule is CC(C(=O)N(Cc1ccccc1)CC1CCOCC1)C1CNC1.Cl. The number of hydrogen-bond acceptors (Lipinski definition) is 3. The molecular formula is C19H29ClN2O2. The Morgan fingerprint density at radius 3 is 2.50 bits per heavy atom. The van der Waals surface area contributed by atoms with Crippen LogP contribution in [0.2, 0.25) is 0 Å². The zero-order chi connectivity index (χ0) is 16.1. The van der Waals surface area contributed by atoms with Gasteiger partial charge in [0, 0.05) is 32.2 Å². The van der Waals surface area contributed by atoms with Crippen LogP contribution in [-0.4, -0.2) is 43.7 Å². The maximum absolute atomic E-state index is 13.0. The maximum Gasteiger partial charge on any atom is 0.226 e. The Hall–Kier alpha value is -1.10. The average molecular weight is 353 g/mol. The molecule has 5 heteroatoms. The van der Waals surface area contributed by atoms with E-state index in [1.807, 2.05) is 18.2 Å². The Labute approximate surface area is 151 Å². The first-order chi connectivity index (χ1) is 11.2. The Bertz CT molecular complexity index is 501. The molecule has 0 aromatic heterocycles. The van der Waals surface area contributed by atoms with Crippen LogP contribution in [0.1, 0.15) is 25.3 Å². The fourth-order valence-corrected chi connectivity index (χ4v) is 3.43. The van der Waals surface area contributed by atoms with Crippen LogP contribution < -0.4 is 5.32 Å². The van der Waals surface area contributed by atoms with Gasteiger partial charge in [-0.05, 0) is 43.3 Å². The number of carbonyl (C=O) groups excluding carboxylic acids is 1. The zero-order valence-corrected chi connectivity index (χ0v) is 15.3. The molecule has 2 fully saturated rings. The van der Waals surface area contributed by atoms with Crippen LogP contribution >= 0.6 is 12.4 Å². The highest BCUT2D eigenvalue weighted by molar-refractivity contribution is 5.85. The third kappa shape index (κ3) is 4.95. The molecule has 0 saturated carbocycles. The summed E-state index contributed by atoms with van der Waals surface area (Å²) >= 11 is 0. The molecule has 2 saturated heterocycles. The quantitative estimate of drug-likeness (QED) is 0.855. The van der Waals surface area contributed by atoms with E-state index < -0.39 is 0 Å². The first-order valence-electron chi connectivity index (χ1n) is 8.85. The fourth-order valence-electron chi connectivity index (χ4n) is 3.43. The summed E-state index contributed by atoms with van der Waals surface area (Å²) in [7, 11) is 0. The second kappa shape index (κ2) is 9.40. The van der Waals surface area contributed by atoms with Crippen molar-refractivity contribution in [3.05, 3.63) is 35.9 Å². The molecule has 1 unspecified atom stereocenters. The lowest BCUT2D eigenvalue weighted by atomic mass is 9.87. The van der Waals surface area contributed by atoms with Crippen molar-refractivity contribution in [3.8, 4) is 0 Å². The Morgan fingerprint density at radius 2 is 1.92 bits per heavy atom. The van der Waals surface area contributed by atoms with E-state index in [-0.39, 0.29) is 18.3 Å². The van der Waals surface area contributed by atoms with E-state index in [1.54, 1.807) is 0 Å². The predicted molar refractivity (Wildman–Crippen MR) is 98.2 cm³/mol. The molecule has 1 atom stereocenters. The number of nitrogens with zero attached hydrogens (tertiary/aromatic N) is 1. The molecule has 0 aliphatic carbocycles. The van der Waals surface area contributed by atoms with Gasteiger partial charge in [0.2, 0.25) is 5.91 Å². The molecule has 24 heavy (non-hydrogen) atoms. The lowest BCUT2D eigenvalue weighted by Crippen LogP contribution is -2.51. The Kier molecular flexibility index (Phi) is 7.53. The minimum Gasteiger partial charge on any atom is -0.381 e. The zero-order valence-electron chi connectivity index (χ0n) is 14.4. The van der Waals surface area contributed by atoms with Crippen molar-refractivity contribution in [2.45, 2.75) is 26.3 Å². The van der Waals surface area contributed by atoms with E-state index >= 15 is 0 Å². The number of ether oxygens (including phenoxy) is 1. The minimum atomic E-state index is 0. The van der Waals surface area contributed by atoms with E-state index in [1.165, 1.54) is 5.56 Å². The van der Waals surface area contributed by atoms with Crippen molar-refractivity contribution < 1.29 is 9.53 Å². The molecular weight excluding hydrogens is 324 g/mol. The topological polar surface area (TPSA) is 41.6 Å². The fraction of sp³-hybridized carbons (Fsp3) is 0.632. The average Bonchev–Trinajstić information content (AvgIpc) is 2.54. The number of amides is 1. The monoisotopic (exact) mass is 352 g/mol. The molecule has 0 bridgehead atoms. The van der Waals surface area contributed by atoms with Gasteiger partial charge in [0.05, 0.1) is 0 Å². The van der Waals surface area contributed by atoms with Gasteiger partial charge < -0.3 is 15.0 Å². The number of rotatable bonds is 6. The summed E-state index contributed by atoms with van der Waals surface area (Å²) in [4.78, 5) is 15.1. The van der Waals surface area contributed by atoms with Crippen LogP contribution in [-0.2, 0) is 16.1 Å². The molecule has 3 rings (SSSR count). The van der Waals surface area contributed by atoms with Crippen LogP contribution in [0.4, 0.5) is 0 Å². The Balaban J connectivity index is 0.00000208. The van der Waals surface area contributed by atoms with Crippen molar-refractivity contribution in [2.75, 3.05) is 32.8 Å². The number of nitrogens with one attached hydrogen (secondary N) is 1. The van der Waals surface area contributed by atoms with Crippen LogP contribution in [0.3, 0.4) is 0 Å². The van der Waals surface area contributed by atoms with E-state index in [0.717, 1.165) is 52.2 Å². The molecule has 134 valence electrons. The van der Waals surface area contributed by atoms with Crippen molar-refractivity contribution in [1.82, 2.24) is 10.2 Å². The van der Waals surface area contributed by atoms with Gasteiger partial charge >= 0.3 is 0 Å². The summed E-state index contributed by atoms with van der Waals surface area (Å²) in [6.45, 7) is 7.30. The third-order valence-electron chi connectivity index (χ3n) is 5.26. The highest BCUT2D eigenvalue weighted by Crippen LogP contribution is 2.23. The summed E-state index contributed by atoms with van der Waals surface area (Å²) in [5.41, 5.74) is 1.21. The summed E-state index contributed by atoms with van der Waals surface area (Å²) in [5, 5.41) is 3.28. The van der Waals surface area contributed by atoms with Crippen molar-refractivity contribution in [3.63, 3.8) is 0 Å². The van der Waals surface area contributed by atoms with Gasteiger partial charge in [-0.15, -0.1) is 12.4 Å². The van der Waals surface area contributed by atoms with E-state index in [0.29, 0.717) is 17.7 Å². The van der Waals surface area contributed by atoms with Gasteiger partial charge in [0.15, 0.2) is 0 Å². The second-order valence-electron chi connectivity index (χ2n) is 6.97. The molecule has 4 nitrogen and oxygen atoms in total. The molecule has 2 aliphatic rings. The largest absolute Gasteiger partial charge is 0.381 e. The van der Waals surface area contributed by atoms with Crippen LogP contribution in [0.25, 0.3) is 0 Å². The van der Waals surface area contributed by atoms with Gasteiger partial charge in [-0.25, -0.2) is 0 Å². The number of hydrogen-bond donors (Lipinski definition) is 1. The maximum atomic E-state index is 13.0. The molecule has 1 N–H and O–H groups in total. The number of carbonyl (C=O) groups is 1. The van der Waals surface area contributed by atoms with Crippen LogP contribution in [0.15, 0.2) is 30.3 Å². The van der Waals surface area contributed by atoms with Crippen molar-refractivity contribution in [2.24, 2.45) is 17.8 Å². The minimum absolute atomic E-state index is 0. The number of halogens is 1. The molecule has 2 heterocycles.